The van der Waals surface area contributed by atoms with E-state index in [-0.39, 0.29) is 29.9 Å². The lowest BCUT2D eigenvalue weighted by molar-refractivity contribution is -0.150. The third-order valence-electron chi connectivity index (χ3n) is 6.90. The quantitative estimate of drug-likeness (QED) is 0.377. The number of fused-ring (bicyclic) bond motifs is 1. The number of hydrogen-bond donors (Lipinski definition) is 0. The minimum atomic E-state index is -2.10. The van der Waals surface area contributed by atoms with Crippen LogP contribution in [0.15, 0.2) is 42.2 Å². The molecule has 0 aromatic heterocycles. The molecule has 0 saturated carbocycles. The van der Waals surface area contributed by atoms with Crippen molar-refractivity contribution >= 4 is 20.4 Å². The van der Waals surface area contributed by atoms with Crippen LogP contribution >= 0.6 is 0 Å². The van der Waals surface area contributed by atoms with Gasteiger partial charge < -0.3 is 13.9 Å². The van der Waals surface area contributed by atoms with E-state index in [1.807, 2.05) is 41.3 Å². The summed E-state index contributed by atoms with van der Waals surface area (Å²) in [5.74, 6) is 0.514. The van der Waals surface area contributed by atoms with Gasteiger partial charge in [-0.25, -0.2) is 9.59 Å². The van der Waals surface area contributed by atoms with Crippen molar-refractivity contribution in [3.63, 3.8) is 0 Å². The molecule has 3 aliphatic heterocycles. The van der Waals surface area contributed by atoms with Gasteiger partial charge in [0.15, 0.2) is 0 Å². The van der Waals surface area contributed by atoms with Crippen molar-refractivity contribution in [2.45, 2.75) is 63.6 Å². The Hall–Kier alpha value is -2.32. The van der Waals surface area contributed by atoms with Gasteiger partial charge in [-0.15, -0.1) is 0 Å². The molecule has 1 amide bonds. The molecule has 31 heavy (non-hydrogen) atoms. The van der Waals surface area contributed by atoms with Crippen LogP contribution in [0.2, 0.25) is 18.1 Å². The van der Waals surface area contributed by atoms with Crippen LogP contribution in [-0.2, 0) is 25.3 Å². The van der Waals surface area contributed by atoms with Crippen LogP contribution in [0.3, 0.4) is 0 Å². The van der Waals surface area contributed by atoms with Crippen molar-refractivity contribution in [2.24, 2.45) is 0 Å². The van der Waals surface area contributed by atoms with Crippen LogP contribution < -0.4 is 0 Å². The Balaban J connectivity index is 1.56. The summed E-state index contributed by atoms with van der Waals surface area (Å²) in [4.78, 5) is 29.2. The van der Waals surface area contributed by atoms with Gasteiger partial charge in [-0.3, -0.25) is 9.80 Å². The predicted octanol–water partition coefficient (Wildman–Crippen LogP) is 3.87. The molecule has 0 bridgehead atoms. The largest absolute Gasteiger partial charge is 0.547 e. The Morgan fingerprint density at radius 3 is 2.58 bits per heavy atom. The van der Waals surface area contributed by atoms with Crippen LogP contribution in [0.1, 0.15) is 32.8 Å². The lowest BCUT2D eigenvalue weighted by Gasteiger charge is -2.40. The Morgan fingerprint density at radius 2 is 1.97 bits per heavy atom. The molecular formula is C23H32N2O5Si. The predicted molar refractivity (Wildman–Crippen MR) is 118 cm³/mol. The van der Waals surface area contributed by atoms with Crippen LogP contribution in [0.4, 0.5) is 4.79 Å². The lowest BCUT2D eigenvalue weighted by Crippen LogP contribution is -2.49. The zero-order valence-electron chi connectivity index (χ0n) is 19.0. The average Bonchev–Trinajstić information content (AvgIpc) is 3.30. The third-order valence-corrected chi connectivity index (χ3v) is 11.3. The van der Waals surface area contributed by atoms with Crippen molar-refractivity contribution in [1.29, 1.82) is 0 Å². The Labute approximate surface area is 185 Å². The summed E-state index contributed by atoms with van der Waals surface area (Å²) in [6.45, 7) is 12.6. The van der Waals surface area contributed by atoms with E-state index in [1.54, 1.807) is 4.90 Å². The monoisotopic (exact) mass is 444 g/mol. The highest BCUT2D eigenvalue weighted by atomic mass is 28.4. The number of cyclic esters (lactones) is 1. The van der Waals surface area contributed by atoms with E-state index in [4.69, 9.17) is 13.9 Å². The summed E-state index contributed by atoms with van der Waals surface area (Å²) in [5, 5.41) is 0.0254. The summed E-state index contributed by atoms with van der Waals surface area (Å²) < 4.78 is 17.5. The fraction of sp³-hybridized carbons (Fsp3) is 0.565. The number of rotatable bonds is 6. The van der Waals surface area contributed by atoms with Crippen LogP contribution in [0, 0.1) is 0 Å². The maximum atomic E-state index is 13.2. The van der Waals surface area contributed by atoms with Gasteiger partial charge in [-0.1, -0.05) is 51.1 Å². The van der Waals surface area contributed by atoms with Crippen molar-refractivity contribution in [3.05, 3.63) is 47.7 Å². The van der Waals surface area contributed by atoms with Crippen molar-refractivity contribution in [3.8, 4) is 0 Å². The number of benzene rings is 1. The zero-order chi connectivity index (χ0) is 22.4. The highest BCUT2D eigenvalue weighted by Crippen LogP contribution is 2.49. The molecule has 3 aliphatic rings. The zero-order valence-corrected chi connectivity index (χ0v) is 20.0. The van der Waals surface area contributed by atoms with Gasteiger partial charge in [-0.2, -0.15) is 0 Å². The minimum Gasteiger partial charge on any atom is -0.547 e. The fourth-order valence-corrected chi connectivity index (χ4v) is 5.02. The first kappa shape index (κ1) is 21.9. The average molecular weight is 445 g/mol. The SMILES string of the molecule is CC(C)(C)[Si](C)(C)OC1=C[C@H](N2CCOC2=O)N2C[C@@]2(C(=O)OCc2ccccc2)C1. The number of ether oxygens (including phenoxy) is 2. The second-order valence-electron chi connectivity index (χ2n) is 10.1. The number of esters is 1. The highest BCUT2D eigenvalue weighted by molar-refractivity contribution is 6.74. The maximum absolute atomic E-state index is 13.2. The highest BCUT2D eigenvalue weighted by Gasteiger charge is 2.66. The molecule has 1 unspecified atom stereocenters. The van der Waals surface area contributed by atoms with Gasteiger partial charge in [0.25, 0.3) is 0 Å². The van der Waals surface area contributed by atoms with Crippen LogP contribution in [-0.4, -0.2) is 61.6 Å². The molecule has 2 fully saturated rings. The molecule has 0 spiro atoms. The summed E-state index contributed by atoms with van der Waals surface area (Å²) in [6.07, 6.45) is 1.75. The molecule has 8 heteroatoms. The van der Waals surface area contributed by atoms with Gasteiger partial charge in [0.05, 0.1) is 12.3 Å². The van der Waals surface area contributed by atoms with Crippen molar-refractivity contribution in [2.75, 3.05) is 19.7 Å². The van der Waals surface area contributed by atoms with Gasteiger partial charge in [0.2, 0.25) is 8.32 Å². The minimum absolute atomic E-state index is 0.0254. The number of carbonyl (C=O) groups is 2. The molecule has 0 aliphatic carbocycles. The Morgan fingerprint density at radius 1 is 1.26 bits per heavy atom. The second kappa shape index (κ2) is 7.67. The number of carbonyl (C=O) groups excluding carboxylic acids is 2. The summed E-state index contributed by atoms with van der Waals surface area (Å²) in [6, 6.07) is 9.66. The van der Waals surface area contributed by atoms with E-state index >= 15 is 0 Å². The summed E-state index contributed by atoms with van der Waals surface area (Å²) in [5.41, 5.74) is 0.164. The van der Waals surface area contributed by atoms with Crippen molar-refractivity contribution in [1.82, 2.24) is 9.80 Å². The van der Waals surface area contributed by atoms with E-state index < -0.39 is 13.9 Å². The molecule has 0 N–H and O–H groups in total. The molecule has 7 nitrogen and oxygen atoms in total. The van der Waals surface area contributed by atoms with E-state index in [2.05, 4.69) is 33.9 Å². The van der Waals surface area contributed by atoms with E-state index in [0.29, 0.717) is 26.1 Å². The van der Waals surface area contributed by atoms with Crippen molar-refractivity contribution < 1.29 is 23.5 Å². The van der Waals surface area contributed by atoms with Crippen LogP contribution in [0.5, 0.6) is 0 Å². The van der Waals surface area contributed by atoms with E-state index in [9.17, 15) is 9.59 Å². The molecule has 0 radical (unpaired) electrons. The van der Waals surface area contributed by atoms with Crippen LogP contribution in [0.25, 0.3) is 0 Å². The third kappa shape index (κ3) is 4.10. The van der Waals surface area contributed by atoms with E-state index in [1.165, 1.54) is 0 Å². The Kier molecular flexibility index (Phi) is 5.42. The van der Waals surface area contributed by atoms with Gasteiger partial charge in [0.1, 0.15) is 24.9 Å². The first-order valence-corrected chi connectivity index (χ1v) is 13.8. The smallest absolute Gasteiger partial charge is 0.411 e. The normalized spacial score (nSPS) is 27.8. The second-order valence-corrected chi connectivity index (χ2v) is 14.8. The van der Waals surface area contributed by atoms with Gasteiger partial charge >= 0.3 is 12.1 Å². The molecule has 3 heterocycles. The van der Waals surface area contributed by atoms with Gasteiger partial charge in [-0.05, 0) is 29.8 Å². The molecule has 168 valence electrons. The number of nitrogens with zero attached hydrogens (tertiary/aromatic N) is 2. The molecule has 4 rings (SSSR count). The molecule has 1 aromatic rings. The first-order valence-electron chi connectivity index (χ1n) is 10.8. The summed E-state index contributed by atoms with van der Waals surface area (Å²) >= 11 is 0. The first-order chi connectivity index (χ1) is 14.5. The Bertz CT molecular complexity index is 895. The van der Waals surface area contributed by atoms with E-state index in [0.717, 1.165) is 11.3 Å². The molecule has 3 atom stereocenters. The number of amides is 1. The van der Waals surface area contributed by atoms with Gasteiger partial charge in [0, 0.05) is 13.0 Å². The molecule has 2 saturated heterocycles. The standard InChI is InChI=1S/C23H32N2O5Si/c1-22(2,3)31(4,5)30-18-13-19(24-11-12-28-21(24)27)25-16-23(25,14-18)20(26)29-15-17-9-7-6-8-10-17/h6-10,13,19H,11-12,14-16H2,1-5H3/t19-,23-,25?/m1/s1. The summed E-state index contributed by atoms with van der Waals surface area (Å²) in [7, 11) is -2.10. The molecule has 1 aromatic carbocycles. The maximum Gasteiger partial charge on any atom is 0.411 e. The fourth-order valence-electron chi connectivity index (χ4n) is 3.92. The topological polar surface area (TPSA) is 68.1 Å². The molecular weight excluding hydrogens is 412 g/mol. The number of hydrogen-bond acceptors (Lipinski definition) is 6. The lowest BCUT2D eigenvalue weighted by atomic mass is 10.0.